The third-order valence-corrected chi connectivity index (χ3v) is 2.58. The first-order valence-corrected chi connectivity index (χ1v) is 5.91. The third-order valence-electron chi connectivity index (χ3n) is 2.12. The lowest BCUT2D eigenvalue weighted by Gasteiger charge is -2.06. The molecule has 0 spiro atoms. The van der Waals surface area contributed by atoms with E-state index in [4.69, 9.17) is 4.74 Å². The molecule has 0 saturated carbocycles. The smallest absolute Gasteiger partial charge is 0.222 e. The first-order chi connectivity index (χ1) is 8.17. The van der Waals surface area contributed by atoms with E-state index in [-0.39, 0.29) is 5.82 Å². The molecule has 3 nitrogen and oxygen atoms in total. The van der Waals surface area contributed by atoms with E-state index in [9.17, 15) is 4.39 Å². The fourth-order valence-electron chi connectivity index (χ4n) is 1.33. The lowest BCUT2D eigenvalue weighted by atomic mass is 10.3. The number of halogens is 2. The average molecular weight is 297 g/mol. The molecule has 0 aliphatic carbocycles. The number of hydrogen-bond donors (Lipinski definition) is 0. The molecule has 0 N–H and O–H groups in total. The van der Waals surface area contributed by atoms with E-state index < -0.39 is 0 Å². The van der Waals surface area contributed by atoms with Gasteiger partial charge in [-0.25, -0.2) is 14.4 Å². The van der Waals surface area contributed by atoms with Crippen molar-refractivity contribution in [3.8, 4) is 11.6 Å². The summed E-state index contributed by atoms with van der Waals surface area (Å²) in [6.07, 6.45) is 2.23. The fraction of sp³-hybridized carbons (Fsp3) is 0.167. The van der Waals surface area contributed by atoms with Crippen LogP contribution in [0.4, 0.5) is 4.39 Å². The number of hydrogen-bond acceptors (Lipinski definition) is 3. The molecule has 1 aromatic heterocycles. The summed E-state index contributed by atoms with van der Waals surface area (Å²) >= 11 is 3.20. The van der Waals surface area contributed by atoms with Crippen LogP contribution in [0.2, 0.25) is 0 Å². The van der Waals surface area contributed by atoms with Crippen molar-refractivity contribution in [2.75, 3.05) is 0 Å². The van der Waals surface area contributed by atoms with Gasteiger partial charge in [0, 0.05) is 22.3 Å². The summed E-state index contributed by atoms with van der Waals surface area (Å²) in [4.78, 5) is 8.03. The molecule has 2 rings (SSSR count). The maximum absolute atomic E-state index is 13.1. The summed E-state index contributed by atoms with van der Waals surface area (Å²) < 4.78 is 19.2. The minimum absolute atomic E-state index is 0.362. The molecule has 88 valence electrons. The molecule has 0 aliphatic rings. The lowest BCUT2D eigenvalue weighted by Crippen LogP contribution is -1.93. The Labute approximate surface area is 107 Å². The summed E-state index contributed by atoms with van der Waals surface area (Å²) in [7, 11) is 0. The normalized spacial score (nSPS) is 10.3. The van der Waals surface area contributed by atoms with Crippen LogP contribution in [0.15, 0.2) is 35.1 Å². The van der Waals surface area contributed by atoms with E-state index in [0.29, 0.717) is 16.1 Å². The van der Waals surface area contributed by atoms with E-state index >= 15 is 0 Å². The number of aromatic nitrogens is 2. The van der Waals surface area contributed by atoms with Crippen molar-refractivity contribution in [3.63, 3.8) is 0 Å². The van der Waals surface area contributed by atoms with Gasteiger partial charge in [-0.2, -0.15) is 0 Å². The molecular weight excluding hydrogens is 287 g/mol. The molecule has 0 saturated heterocycles. The number of rotatable bonds is 3. The zero-order valence-electron chi connectivity index (χ0n) is 9.15. The van der Waals surface area contributed by atoms with E-state index in [1.165, 1.54) is 18.5 Å². The number of aryl methyl sites for hydroxylation is 1. The Balaban J connectivity index is 2.24. The Morgan fingerprint density at radius 2 is 2.06 bits per heavy atom. The average Bonchev–Trinajstić information content (AvgIpc) is 2.28. The van der Waals surface area contributed by atoms with Gasteiger partial charge in [-0.3, -0.25) is 0 Å². The molecule has 0 amide bonds. The minimum Gasteiger partial charge on any atom is -0.439 e. The van der Waals surface area contributed by atoms with Crippen LogP contribution in [0.25, 0.3) is 0 Å². The largest absolute Gasteiger partial charge is 0.439 e. The fourth-order valence-corrected chi connectivity index (χ4v) is 1.78. The van der Waals surface area contributed by atoms with Crippen LogP contribution in [0.1, 0.15) is 12.6 Å². The monoisotopic (exact) mass is 296 g/mol. The zero-order chi connectivity index (χ0) is 12.3. The summed E-state index contributed by atoms with van der Waals surface area (Å²) in [5.74, 6) is 0.450. The topological polar surface area (TPSA) is 35.0 Å². The highest BCUT2D eigenvalue weighted by molar-refractivity contribution is 9.10. The molecule has 2 aromatic rings. The van der Waals surface area contributed by atoms with Crippen molar-refractivity contribution in [2.45, 2.75) is 13.3 Å². The summed E-state index contributed by atoms with van der Waals surface area (Å²) in [6, 6.07) is 6.08. The quantitative estimate of drug-likeness (QED) is 0.865. The second-order valence-corrected chi connectivity index (χ2v) is 4.32. The second kappa shape index (κ2) is 5.23. The second-order valence-electron chi connectivity index (χ2n) is 3.41. The Morgan fingerprint density at radius 1 is 1.24 bits per heavy atom. The molecule has 0 unspecified atom stereocenters. The van der Waals surface area contributed by atoms with Crippen LogP contribution in [-0.2, 0) is 6.42 Å². The van der Waals surface area contributed by atoms with Gasteiger partial charge in [0.2, 0.25) is 5.88 Å². The van der Waals surface area contributed by atoms with Crippen molar-refractivity contribution < 1.29 is 9.13 Å². The highest BCUT2D eigenvalue weighted by Crippen LogP contribution is 2.24. The molecule has 0 fully saturated rings. The first-order valence-electron chi connectivity index (χ1n) is 5.12. The number of benzene rings is 1. The summed E-state index contributed by atoms with van der Waals surface area (Å²) in [5, 5.41) is 0. The molecule has 1 heterocycles. The molecule has 0 atom stereocenters. The van der Waals surface area contributed by atoms with Crippen molar-refractivity contribution >= 4 is 15.9 Å². The Kier molecular flexibility index (Phi) is 3.68. The SMILES string of the molecule is CCc1cc(Oc2cc(F)cc(Br)c2)ncn1. The van der Waals surface area contributed by atoms with Gasteiger partial charge in [-0.1, -0.05) is 22.9 Å². The Bertz CT molecular complexity index is 513. The van der Waals surface area contributed by atoms with Gasteiger partial charge in [-0.15, -0.1) is 0 Å². The highest BCUT2D eigenvalue weighted by atomic mass is 79.9. The molecular formula is C12H10BrFN2O. The molecule has 17 heavy (non-hydrogen) atoms. The Morgan fingerprint density at radius 3 is 2.76 bits per heavy atom. The predicted octanol–water partition coefficient (Wildman–Crippen LogP) is 3.73. The van der Waals surface area contributed by atoms with Gasteiger partial charge in [-0.05, 0) is 18.6 Å². The van der Waals surface area contributed by atoms with Gasteiger partial charge >= 0.3 is 0 Å². The van der Waals surface area contributed by atoms with E-state index in [1.54, 1.807) is 12.1 Å². The molecule has 0 bridgehead atoms. The lowest BCUT2D eigenvalue weighted by molar-refractivity contribution is 0.455. The molecule has 0 radical (unpaired) electrons. The van der Waals surface area contributed by atoms with Gasteiger partial charge in [0.15, 0.2) is 0 Å². The maximum Gasteiger partial charge on any atom is 0.222 e. The van der Waals surface area contributed by atoms with Crippen molar-refractivity contribution in [1.29, 1.82) is 0 Å². The van der Waals surface area contributed by atoms with Crippen molar-refractivity contribution in [1.82, 2.24) is 9.97 Å². The van der Waals surface area contributed by atoms with Crippen LogP contribution >= 0.6 is 15.9 Å². The third kappa shape index (κ3) is 3.23. The zero-order valence-corrected chi connectivity index (χ0v) is 10.7. The van der Waals surface area contributed by atoms with Gasteiger partial charge in [0.25, 0.3) is 0 Å². The first kappa shape index (κ1) is 12.0. The van der Waals surface area contributed by atoms with Crippen molar-refractivity contribution in [3.05, 3.63) is 46.6 Å². The summed E-state index contributed by atoms with van der Waals surface area (Å²) in [6.45, 7) is 1.99. The van der Waals surface area contributed by atoms with Crippen LogP contribution in [-0.4, -0.2) is 9.97 Å². The Hall–Kier alpha value is -1.49. The molecule has 0 aliphatic heterocycles. The standard InChI is InChI=1S/C12H10BrFN2O/c1-2-10-6-12(16-7-15-10)17-11-4-8(13)3-9(14)5-11/h3-7H,2H2,1H3. The van der Waals surface area contributed by atoms with Gasteiger partial charge in [0.1, 0.15) is 17.9 Å². The van der Waals surface area contributed by atoms with E-state index in [2.05, 4.69) is 25.9 Å². The summed E-state index contributed by atoms with van der Waals surface area (Å²) in [5.41, 5.74) is 0.880. The van der Waals surface area contributed by atoms with Crippen molar-refractivity contribution in [2.24, 2.45) is 0 Å². The van der Waals surface area contributed by atoms with Gasteiger partial charge in [0.05, 0.1) is 0 Å². The van der Waals surface area contributed by atoms with Crippen LogP contribution in [0.3, 0.4) is 0 Å². The van der Waals surface area contributed by atoms with E-state index in [1.807, 2.05) is 6.92 Å². The van der Waals surface area contributed by atoms with Gasteiger partial charge < -0.3 is 4.74 Å². The van der Waals surface area contributed by atoms with Crippen LogP contribution < -0.4 is 4.74 Å². The van der Waals surface area contributed by atoms with E-state index in [0.717, 1.165) is 12.1 Å². The predicted molar refractivity (Wildman–Crippen MR) is 65.6 cm³/mol. The van der Waals surface area contributed by atoms with Crippen LogP contribution in [0.5, 0.6) is 11.6 Å². The highest BCUT2D eigenvalue weighted by Gasteiger charge is 2.03. The molecule has 1 aromatic carbocycles. The molecule has 5 heteroatoms. The van der Waals surface area contributed by atoms with Crippen LogP contribution in [0, 0.1) is 5.82 Å². The maximum atomic E-state index is 13.1. The minimum atomic E-state index is -0.362. The number of nitrogens with zero attached hydrogens (tertiary/aromatic N) is 2. The number of ether oxygens (including phenoxy) is 1.